The minimum atomic E-state index is 0.140. The number of rotatable bonds is 0. The predicted octanol–water partition coefficient (Wildman–Crippen LogP) is 3.26. The summed E-state index contributed by atoms with van der Waals surface area (Å²) in [5.74, 6) is 0.574. The van der Waals surface area contributed by atoms with E-state index < -0.39 is 0 Å². The average molecular weight is 229 g/mol. The number of carbonyl (C=O) groups excluding carboxylic acids is 1. The highest BCUT2D eigenvalue weighted by atomic mass is 16.1. The largest absolute Gasteiger partial charge is 0.388 e. The molecule has 1 unspecified atom stereocenters. The average Bonchev–Trinajstić information content (AvgIpc) is 2.79. The van der Waals surface area contributed by atoms with Crippen LogP contribution in [-0.4, -0.2) is 12.3 Å². The maximum Gasteiger partial charge on any atom is 0.187 e. The van der Waals surface area contributed by atoms with Gasteiger partial charge in [-0.1, -0.05) is 44.5 Å². The van der Waals surface area contributed by atoms with Gasteiger partial charge in [0.2, 0.25) is 0 Å². The van der Waals surface area contributed by atoms with E-state index in [1.54, 1.807) is 6.08 Å². The Morgan fingerprint density at radius 2 is 2.00 bits per heavy atom. The first-order valence-electron chi connectivity index (χ1n) is 6.36. The summed E-state index contributed by atoms with van der Waals surface area (Å²) in [4.78, 5) is 11.7. The van der Waals surface area contributed by atoms with Crippen molar-refractivity contribution in [1.82, 2.24) is 5.32 Å². The molecule has 3 rings (SSSR count). The van der Waals surface area contributed by atoms with Crippen LogP contribution in [0.1, 0.15) is 48.5 Å². The van der Waals surface area contributed by atoms with Crippen molar-refractivity contribution in [2.75, 3.05) is 6.54 Å². The lowest BCUT2D eigenvalue weighted by atomic mass is 9.85. The van der Waals surface area contributed by atoms with Gasteiger partial charge in [-0.3, -0.25) is 4.79 Å². The molecule has 0 radical (unpaired) electrons. The number of hydrogen-bond acceptors (Lipinski definition) is 2. The number of fused-ring (bicyclic) bond motifs is 3. The van der Waals surface area contributed by atoms with Crippen LogP contribution in [0.15, 0.2) is 36.0 Å². The van der Waals surface area contributed by atoms with Crippen molar-refractivity contribution in [2.45, 2.75) is 32.6 Å². The van der Waals surface area contributed by atoms with Crippen molar-refractivity contribution in [3.8, 4) is 0 Å². The Morgan fingerprint density at radius 1 is 1.29 bits per heavy atom. The molecule has 0 saturated carbocycles. The Balaban J connectivity index is 0.000000329. The van der Waals surface area contributed by atoms with Crippen LogP contribution in [0.5, 0.6) is 0 Å². The first-order valence-corrected chi connectivity index (χ1v) is 6.36. The van der Waals surface area contributed by atoms with E-state index in [4.69, 9.17) is 0 Å². The summed E-state index contributed by atoms with van der Waals surface area (Å²) in [5, 5.41) is 3.27. The maximum atomic E-state index is 11.7. The summed E-state index contributed by atoms with van der Waals surface area (Å²) in [7, 11) is 0. The summed E-state index contributed by atoms with van der Waals surface area (Å²) >= 11 is 0. The minimum Gasteiger partial charge on any atom is -0.388 e. The molecule has 90 valence electrons. The quantitative estimate of drug-likeness (QED) is 0.740. The molecule has 1 aromatic carbocycles. The monoisotopic (exact) mass is 229 g/mol. The SMILES string of the molecule is CCC.O=C1C=C2NCCC2c2ccccc21. The Kier molecular flexibility index (Phi) is 3.62. The molecule has 1 aliphatic carbocycles. The molecule has 1 aromatic rings. The van der Waals surface area contributed by atoms with Crippen molar-refractivity contribution in [2.24, 2.45) is 0 Å². The maximum absolute atomic E-state index is 11.7. The van der Waals surface area contributed by atoms with E-state index in [1.807, 2.05) is 18.2 Å². The predicted molar refractivity (Wildman–Crippen MR) is 70.2 cm³/mol. The normalized spacial score (nSPS) is 20.5. The van der Waals surface area contributed by atoms with Crippen LogP contribution < -0.4 is 5.32 Å². The van der Waals surface area contributed by atoms with E-state index in [0.29, 0.717) is 5.92 Å². The van der Waals surface area contributed by atoms with Crippen LogP contribution in [0.2, 0.25) is 0 Å². The lowest BCUT2D eigenvalue weighted by Crippen LogP contribution is -2.16. The number of ketones is 1. The minimum absolute atomic E-state index is 0.140. The third-order valence-corrected chi connectivity index (χ3v) is 3.03. The van der Waals surface area contributed by atoms with E-state index in [0.717, 1.165) is 24.2 Å². The zero-order chi connectivity index (χ0) is 12.3. The molecule has 0 aromatic heterocycles. The first kappa shape index (κ1) is 11.9. The van der Waals surface area contributed by atoms with Crippen molar-refractivity contribution in [1.29, 1.82) is 0 Å². The number of hydrogen-bond donors (Lipinski definition) is 1. The van der Waals surface area contributed by atoms with Gasteiger partial charge in [0.25, 0.3) is 0 Å². The Labute approximate surface area is 103 Å². The zero-order valence-corrected chi connectivity index (χ0v) is 10.5. The topological polar surface area (TPSA) is 29.1 Å². The number of allylic oxidation sites excluding steroid dienone is 2. The summed E-state index contributed by atoms with van der Waals surface area (Å²) < 4.78 is 0. The standard InChI is InChI=1S/C12H11NO.C3H8/c14-12-7-11-9(5-6-13-11)8-3-1-2-4-10(8)12;1-3-2/h1-4,7,9,13H,5-6H2;3H2,1-2H3. The van der Waals surface area contributed by atoms with Crippen LogP contribution in [0.25, 0.3) is 0 Å². The van der Waals surface area contributed by atoms with Crippen LogP contribution in [0, 0.1) is 0 Å². The molecule has 2 nitrogen and oxygen atoms in total. The molecule has 0 amide bonds. The molecule has 1 N–H and O–H groups in total. The Hall–Kier alpha value is -1.57. The fourth-order valence-electron chi connectivity index (χ4n) is 2.36. The van der Waals surface area contributed by atoms with Gasteiger partial charge in [-0.2, -0.15) is 0 Å². The summed E-state index contributed by atoms with van der Waals surface area (Å²) in [6.45, 7) is 5.23. The summed E-state index contributed by atoms with van der Waals surface area (Å²) in [6.07, 6.45) is 4.11. The molecular formula is C15H19NO. The Bertz CT molecular complexity index is 448. The van der Waals surface area contributed by atoms with Gasteiger partial charge >= 0.3 is 0 Å². The van der Waals surface area contributed by atoms with E-state index in [9.17, 15) is 4.79 Å². The van der Waals surface area contributed by atoms with Crippen LogP contribution in [0.3, 0.4) is 0 Å². The summed E-state index contributed by atoms with van der Waals surface area (Å²) in [6, 6.07) is 7.92. The van der Waals surface area contributed by atoms with Crippen LogP contribution >= 0.6 is 0 Å². The van der Waals surface area contributed by atoms with E-state index in [1.165, 1.54) is 12.0 Å². The second kappa shape index (κ2) is 5.17. The van der Waals surface area contributed by atoms with Crippen LogP contribution in [0.4, 0.5) is 0 Å². The molecule has 2 heteroatoms. The van der Waals surface area contributed by atoms with Gasteiger partial charge in [-0.25, -0.2) is 0 Å². The van der Waals surface area contributed by atoms with Gasteiger partial charge in [-0.15, -0.1) is 0 Å². The number of carbonyl (C=O) groups is 1. The Morgan fingerprint density at radius 3 is 2.76 bits per heavy atom. The molecule has 1 aliphatic heterocycles. The van der Waals surface area contributed by atoms with Crippen molar-refractivity contribution in [3.05, 3.63) is 47.2 Å². The molecule has 2 aliphatic rings. The van der Waals surface area contributed by atoms with E-state index >= 15 is 0 Å². The van der Waals surface area contributed by atoms with Gasteiger partial charge in [0.05, 0.1) is 0 Å². The van der Waals surface area contributed by atoms with Gasteiger partial charge in [0, 0.05) is 29.8 Å². The lowest BCUT2D eigenvalue weighted by molar-refractivity contribution is 0.104. The third kappa shape index (κ3) is 2.26. The zero-order valence-electron chi connectivity index (χ0n) is 10.5. The molecule has 1 heterocycles. The molecule has 1 atom stereocenters. The van der Waals surface area contributed by atoms with Gasteiger partial charge in [0.15, 0.2) is 5.78 Å². The van der Waals surface area contributed by atoms with Gasteiger partial charge < -0.3 is 5.32 Å². The first-order chi connectivity index (χ1) is 8.27. The van der Waals surface area contributed by atoms with E-state index in [2.05, 4.69) is 25.2 Å². The van der Waals surface area contributed by atoms with Crippen LogP contribution in [-0.2, 0) is 0 Å². The van der Waals surface area contributed by atoms with E-state index in [-0.39, 0.29) is 5.78 Å². The van der Waals surface area contributed by atoms with Crippen molar-refractivity contribution in [3.63, 3.8) is 0 Å². The molecule has 1 saturated heterocycles. The fraction of sp³-hybridized carbons (Fsp3) is 0.400. The third-order valence-electron chi connectivity index (χ3n) is 3.03. The highest BCUT2D eigenvalue weighted by Gasteiger charge is 2.30. The number of benzene rings is 1. The smallest absolute Gasteiger partial charge is 0.187 e. The van der Waals surface area contributed by atoms with Gasteiger partial charge in [0.1, 0.15) is 0 Å². The molecule has 0 spiro atoms. The summed E-state index contributed by atoms with van der Waals surface area (Å²) in [5.41, 5.74) is 3.18. The second-order valence-corrected chi connectivity index (χ2v) is 4.53. The highest BCUT2D eigenvalue weighted by Crippen LogP contribution is 2.36. The molecular weight excluding hydrogens is 210 g/mol. The number of nitrogens with one attached hydrogen (secondary N) is 1. The van der Waals surface area contributed by atoms with Crippen molar-refractivity contribution < 1.29 is 4.79 Å². The molecule has 0 bridgehead atoms. The second-order valence-electron chi connectivity index (χ2n) is 4.53. The fourth-order valence-corrected chi connectivity index (χ4v) is 2.36. The van der Waals surface area contributed by atoms with Crippen molar-refractivity contribution >= 4 is 5.78 Å². The molecule has 17 heavy (non-hydrogen) atoms. The highest BCUT2D eigenvalue weighted by molar-refractivity contribution is 6.07. The molecule has 1 fully saturated rings. The van der Waals surface area contributed by atoms with Gasteiger partial charge in [-0.05, 0) is 12.0 Å². The lowest BCUT2D eigenvalue weighted by Gasteiger charge is -2.19.